The Bertz CT molecular complexity index is 795. The lowest BCUT2D eigenvalue weighted by atomic mass is 10.3. The van der Waals surface area contributed by atoms with Crippen LogP contribution in [0.15, 0.2) is 30.6 Å². The average molecular weight is 299 g/mol. The number of hydrogen-bond donors (Lipinski definition) is 1. The Kier molecular flexibility index (Phi) is 3.19. The third-order valence-electron chi connectivity index (χ3n) is 3.65. The Balaban J connectivity index is 1.63. The Morgan fingerprint density at radius 3 is 2.68 bits per heavy atom. The number of nitrogens with zero attached hydrogens (tertiary/aromatic N) is 4. The van der Waals surface area contributed by atoms with Crippen LogP contribution in [0.5, 0.6) is 0 Å². The van der Waals surface area contributed by atoms with Crippen molar-refractivity contribution < 1.29 is 9.13 Å². The van der Waals surface area contributed by atoms with Gasteiger partial charge in [-0.3, -0.25) is 0 Å². The third-order valence-corrected chi connectivity index (χ3v) is 3.65. The second-order valence-electron chi connectivity index (χ2n) is 5.12. The number of benzene rings is 1. The quantitative estimate of drug-likeness (QED) is 0.784. The molecule has 1 saturated heterocycles. The van der Waals surface area contributed by atoms with Gasteiger partial charge in [0.2, 0.25) is 5.95 Å². The fourth-order valence-corrected chi connectivity index (χ4v) is 2.49. The highest BCUT2D eigenvalue weighted by molar-refractivity contribution is 5.79. The Labute approximate surface area is 126 Å². The van der Waals surface area contributed by atoms with E-state index in [4.69, 9.17) is 4.74 Å². The molecule has 22 heavy (non-hydrogen) atoms. The molecule has 1 aliphatic heterocycles. The number of fused-ring (bicyclic) bond motifs is 1. The predicted molar refractivity (Wildman–Crippen MR) is 80.1 cm³/mol. The molecule has 2 aromatic heterocycles. The van der Waals surface area contributed by atoms with E-state index in [1.165, 1.54) is 12.1 Å². The fraction of sp³-hybridized carbons (Fsp3) is 0.267. The molecule has 112 valence electrons. The zero-order valence-electron chi connectivity index (χ0n) is 11.8. The molecule has 7 heteroatoms. The molecule has 1 N–H and O–H groups in total. The van der Waals surface area contributed by atoms with Gasteiger partial charge >= 0.3 is 0 Å². The molecule has 0 saturated carbocycles. The van der Waals surface area contributed by atoms with Gasteiger partial charge in [0.1, 0.15) is 11.6 Å². The van der Waals surface area contributed by atoms with Gasteiger partial charge in [-0.25, -0.2) is 19.3 Å². The third kappa shape index (κ3) is 2.39. The average Bonchev–Trinajstić information content (AvgIpc) is 2.99. The second kappa shape index (κ2) is 5.34. The van der Waals surface area contributed by atoms with Crippen molar-refractivity contribution in [2.75, 3.05) is 31.2 Å². The number of aromatic amines is 1. The zero-order valence-corrected chi connectivity index (χ0v) is 11.8. The minimum atomic E-state index is -0.290. The summed E-state index contributed by atoms with van der Waals surface area (Å²) in [6.07, 6.45) is 3.46. The highest BCUT2D eigenvalue weighted by Crippen LogP contribution is 2.21. The van der Waals surface area contributed by atoms with Crippen LogP contribution in [-0.2, 0) is 4.74 Å². The van der Waals surface area contributed by atoms with Gasteiger partial charge in [0.05, 0.1) is 29.8 Å². The molecule has 4 rings (SSSR count). The molecule has 0 radical (unpaired) electrons. The first kappa shape index (κ1) is 13.1. The highest BCUT2D eigenvalue weighted by atomic mass is 19.1. The summed E-state index contributed by atoms with van der Waals surface area (Å²) in [5, 5.41) is 0. The van der Waals surface area contributed by atoms with Crippen molar-refractivity contribution in [2.24, 2.45) is 0 Å². The van der Waals surface area contributed by atoms with E-state index in [0.717, 1.165) is 18.7 Å². The maximum atomic E-state index is 13.2. The Hall–Kier alpha value is -2.54. The van der Waals surface area contributed by atoms with Gasteiger partial charge < -0.3 is 14.6 Å². The molecule has 3 heterocycles. The molecule has 3 aromatic rings. The van der Waals surface area contributed by atoms with Crippen molar-refractivity contribution in [1.29, 1.82) is 0 Å². The molecular formula is C15H14FN5O. The molecule has 0 aliphatic carbocycles. The van der Waals surface area contributed by atoms with Crippen molar-refractivity contribution in [1.82, 2.24) is 19.9 Å². The van der Waals surface area contributed by atoms with E-state index in [-0.39, 0.29) is 5.82 Å². The summed E-state index contributed by atoms with van der Waals surface area (Å²) >= 11 is 0. The molecular weight excluding hydrogens is 285 g/mol. The number of anilines is 1. The number of ether oxygens (including phenoxy) is 1. The van der Waals surface area contributed by atoms with E-state index in [1.807, 2.05) is 0 Å². The van der Waals surface area contributed by atoms with Crippen molar-refractivity contribution in [3.05, 3.63) is 36.4 Å². The van der Waals surface area contributed by atoms with E-state index in [0.29, 0.717) is 36.0 Å². The maximum Gasteiger partial charge on any atom is 0.225 e. The number of aromatic nitrogens is 4. The highest BCUT2D eigenvalue weighted by Gasteiger charge is 2.14. The number of nitrogens with one attached hydrogen (secondary N) is 1. The van der Waals surface area contributed by atoms with E-state index >= 15 is 0 Å². The van der Waals surface area contributed by atoms with Gasteiger partial charge in [0.15, 0.2) is 0 Å². The first-order chi connectivity index (χ1) is 10.8. The van der Waals surface area contributed by atoms with Crippen molar-refractivity contribution in [2.45, 2.75) is 0 Å². The second-order valence-corrected chi connectivity index (χ2v) is 5.12. The van der Waals surface area contributed by atoms with Gasteiger partial charge in [0.25, 0.3) is 0 Å². The van der Waals surface area contributed by atoms with Gasteiger partial charge in [0, 0.05) is 25.5 Å². The summed E-state index contributed by atoms with van der Waals surface area (Å²) in [5.41, 5.74) is 2.15. The fourth-order valence-electron chi connectivity index (χ4n) is 2.49. The van der Waals surface area contributed by atoms with Gasteiger partial charge in [-0.1, -0.05) is 0 Å². The van der Waals surface area contributed by atoms with E-state index in [1.54, 1.807) is 18.5 Å². The zero-order chi connectivity index (χ0) is 14.9. The summed E-state index contributed by atoms with van der Waals surface area (Å²) in [6, 6.07) is 4.47. The van der Waals surface area contributed by atoms with Crippen LogP contribution in [-0.4, -0.2) is 46.2 Å². The van der Waals surface area contributed by atoms with Crippen LogP contribution < -0.4 is 4.90 Å². The lowest BCUT2D eigenvalue weighted by Gasteiger charge is -2.26. The van der Waals surface area contributed by atoms with Gasteiger partial charge in [-0.2, -0.15) is 0 Å². The SMILES string of the molecule is Fc1ccc2nc(-c3cnc(N4CCOCC4)nc3)[nH]c2c1. The molecule has 0 amide bonds. The molecule has 0 atom stereocenters. The summed E-state index contributed by atoms with van der Waals surface area (Å²) in [6.45, 7) is 2.98. The van der Waals surface area contributed by atoms with Gasteiger partial charge in [-0.05, 0) is 18.2 Å². The van der Waals surface area contributed by atoms with Crippen LogP contribution in [0.1, 0.15) is 0 Å². The van der Waals surface area contributed by atoms with Gasteiger partial charge in [-0.15, -0.1) is 0 Å². The lowest BCUT2D eigenvalue weighted by molar-refractivity contribution is 0.122. The largest absolute Gasteiger partial charge is 0.378 e. The predicted octanol–water partition coefficient (Wildman–Crippen LogP) is 2.00. The molecule has 1 aromatic carbocycles. The molecule has 1 aliphatic rings. The van der Waals surface area contributed by atoms with Crippen molar-refractivity contribution >= 4 is 17.0 Å². The molecule has 1 fully saturated rings. The van der Waals surface area contributed by atoms with Crippen LogP contribution >= 0.6 is 0 Å². The van der Waals surface area contributed by atoms with Crippen LogP contribution in [0.3, 0.4) is 0 Å². The smallest absolute Gasteiger partial charge is 0.225 e. The number of morpholine rings is 1. The molecule has 0 bridgehead atoms. The number of H-pyrrole nitrogens is 1. The maximum absolute atomic E-state index is 13.2. The minimum absolute atomic E-state index is 0.290. The summed E-state index contributed by atoms with van der Waals surface area (Å²) < 4.78 is 18.5. The van der Waals surface area contributed by atoms with E-state index in [2.05, 4.69) is 24.8 Å². The molecule has 0 unspecified atom stereocenters. The monoisotopic (exact) mass is 299 g/mol. The van der Waals surface area contributed by atoms with Crippen molar-refractivity contribution in [3.8, 4) is 11.4 Å². The lowest BCUT2D eigenvalue weighted by Crippen LogP contribution is -2.37. The summed E-state index contributed by atoms with van der Waals surface area (Å²) in [7, 11) is 0. The summed E-state index contributed by atoms with van der Waals surface area (Å²) in [4.78, 5) is 18.4. The van der Waals surface area contributed by atoms with E-state index < -0.39 is 0 Å². The normalized spacial score (nSPS) is 15.4. The first-order valence-corrected chi connectivity index (χ1v) is 7.10. The van der Waals surface area contributed by atoms with Crippen molar-refractivity contribution in [3.63, 3.8) is 0 Å². The topological polar surface area (TPSA) is 66.9 Å². The number of rotatable bonds is 2. The summed E-state index contributed by atoms with van der Waals surface area (Å²) in [5.74, 6) is 1.03. The van der Waals surface area contributed by atoms with Crippen LogP contribution in [0.2, 0.25) is 0 Å². The Morgan fingerprint density at radius 1 is 1.14 bits per heavy atom. The van der Waals surface area contributed by atoms with Crippen LogP contribution in [0.25, 0.3) is 22.4 Å². The first-order valence-electron chi connectivity index (χ1n) is 7.10. The molecule has 0 spiro atoms. The minimum Gasteiger partial charge on any atom is -0.378 e. The molecule has 6 nitrogen and oxygen atoms in total. The number of imidazole rings is 1. The standard InChI is InChI=1S/C15H14FN5O/c16-11-1-2-12-13(7-11)20-14(19-12)10-8-17-15(18-9-10)21-3-5-22-6-4-21/h1-2,7-9H,3-6H2,(H,19,20). The van der Waals surface area contributed by atoms with Crippen LogP contribution in [0, 0.1) is 5.82 Å². The number of hydrogen-bond acceptors (Lipinski definition) is 5. The van der Waals surface area contributed by atoms with Crippen LogP contribution in [0.4, 0.5) is 10.3 Å². The number of halogens is 1. The Morgan fingerprint density at radius 2 is 1.91 bits per heavy atom. The van der Waals surface area contributed by atoms with E-state index in [9.17, 15) is 4.39 Å².